The minimum absolute atomic E-state index is 0.323. The van der Waals surface area contributed by atoms with Crippen LogP contribution in [0.3, 0.4) is 0 Å². The minimum atomic E-state index is -4.79. The highest BCUT2D eigenvalue weighted by Crippen LogP contribution is 2.41. The molecule has 17 heteroatoms. The van der Waals surface area contributed by atoms with Gasteiger partial charge < -0.3 is 34.6 Å². The Bertz CT molecular complexity index is 1900. The lowest BCUT2D eigenvalue weighted by Gasteiger charge is -2.25. The van der Waals surface area contributed by atoms with Crippen molar-refractivity contribution in [1.82, 2.24) is 24.8 Å². The van der Waals surface area contributed by atoms with Gasteiger partial charge >= 0.3 is 12.7 Å². The summed E-state index contributed by atoms with van der Waals surface area (Å²) in [7, 11) is 1.92. The molecule has 3 aromatic heterocycles. The van der Waals surface area contributed by atoms with Gasteiger partial charge in [-0.05, 0) is 62.5 Å². The first-order valence-electron chi connectivity index (χ1n) is 14.8. The Morgan fingerprint density at radius 2 is 1.31 bits per heavy atom. The van der Waals surface area contributed by atoms with E-state index >= 15 is 0 Å². The van der Waals surface area contributed by atoms with Crippen LogP contribution in [0.4, 0.5) is 37.7 Å². The molecule has 0 saturated carbocycles. The summed E-state index contributed by atoms with van der Waals surface area (Å²) < 4.78 is 95.0. The Morgan fingerprint density at radius 3 is 1.92 bits per heavy atom. The molecule has 0 fully saturated rings. The van der Waals surface area contributed by atoms with Crippen LogP contribution >= 0.6 is 0 Å². The summed E-state index contributed by atoms with van der Waals surface area (Å²) in [6.07, 6.45) is -6.45. The molecule has 0 saturated heterocycles. The van der Waals surface area contributed by atoms with Crippen LogP contribution in [0, 0.1) is 0 Å². The number of pyridine rings is 2. The van der Waals surface area contributed by atoms with Gasteiger partial charge in [0.15, 0.2) is 5.82 Å². The summed E-state index contributed by atoms with van der Waals surface area (Å²) in [5.74, 6) is 0.807. The van der Waals surface area contributed by atoms with Crippen LogP contribution in [0.5, 0.6) is 23.0 Å². The molecule has 0 radical (unpaired) electrons. The Balaban J connectivity index is 0.927. The molecule has 1 aliphatic rings. The summed E-state index contributed by atoms with van der Waals surface area (Å²) in [6, 6.07) is 14.8. The fourth-order valence-electron chi connectivity index (χ4n) is 5.06. The van der Waals surface area contributed by atoms with Gasteiger partial charge in [0.25, 0.3) is 0 Å². The number of benzene rings is 2. The molecule has 0 aliphatic carbocycles. The van der Waals surface area contributed by atoms with Gasteiger partial charge in [-0.2, -0.15) is 0 Å². The van der Waals surface area contributed by atoms with E-state index in [9.17, 15) is 26.3 Å². The molecule has 6 rings (SSSR count). The van der Waals surface area contributed by atoms with E-state index in [-0.39, 0.29) is 11.5 Å². The third-order valence-electron chi connectivity index (χ3n) is 7.39. The first-order chi connectivity index (χ1) is 23.2. The van der Waals surface area contributed by atoms with Crippen molar-refractivity contribution in [2.24, 2.45) is 0 Å². The average molecular weight is 690 g/mol. The second-order valence-corrected chi connectivity index (χ2v) is 11.2. The van der Waals surface area contributed by atoms with Crippen LogP contribution in [-0.2, 0) is 5.66 Å². The van der Waals surface area contributed by atoms with Crippen LogP contribution in [0.1, 0.15) is 12.6 Å². The number of aromatic nitrogens is 4. The van der Waals surface area contributed by atoms with Crippen molar-refractivity contribution < 1.29 is 45.3 Å². The number of fused-ring (bicyclic) bond motifs is 2. The van der Waals surface area contributed by atoms with E-state index < -0.39 is 18.4 Å². The van der Waals surface area contributed by atoms with Gasteiger partial charge in [0, 0.05) is 25.2 Å². The maximum atomic E-state index is 12.6. The number of hydrogen-bond acceptors (Lipinski definition) is 10. The Labute approximate surface area is 275 Å². The van der Waals surface area contributed by atoms with Gasteiger partial charge in [0.05, 0.1) is 40.5 Å². The highest BCUT2D eigenvalue weighted by atomic mass is 19.4. The number of H-pyrrole nitrogens is 1. The summed E-state index contributed by atoms with van der Waals surface area (Å²) in [4.78, 5) is 18.2. The normalized spacial score (nSPS) is 15.9. The van der Waals surface area contributed by atoms with Crippen molar-refractivity contribution in [2.45, 2.75) is 25.3 Å². The van der Waals surface area contributed by atoms with Crippen molar-refractivity contribution in [1.29, 1.82) is 0 Å². The molecule has 49 heavy (non-hydrogen) atoms. The average Bonchev–Trinajstić information content (AvgIpc) is 3.60. The van der Waals surface area contributed by atoms with Gasteiger partial charge in [-0.15, -0.1) is 26.3 Å². The topological polar surface area (TPSA) is 119 Å². The summed E-state index contributed by atoms with van der Waals surface area (Å²) >= 11 is 0. The molecule has 0 spiro atoms. The molecule has 4 heterocycles. The van der Waals surface area contributed by atoms with E-state index in [2.05, 4.69) is 40.0 Å². The highest BCUT2D eigenvalue weighted by molar-refractivity contribution is 5.80. The van der Waals surface area contributed by atoms with E-state index in [4.69, 9.17) is 9.47 Å². The van der Waals surface area contributed by atoms with Crippen LogP contribution in [0.25, 0.3) is 22.6 Å². The number of ether oxygens (including phenoxy) is 4. The summed E-state index contributed by atoms with van der Waals surface area (Å²) in [5.41, 5.74) is 2.15. The van der Waals surface area contributed by atoms with Gasteiger partial charge in [-0.1, -0.05) is 0 Å². The molecule has 1 atom stereocenters. The number of halogens is 6. The molecule has 258 valence electrons. The summed E-state index contributed by atoms with van der Waals surface area (Å²) in [5, 5.41) is 6.40. The number of rotatable bonds is 12. The molecule has 3 N–H and O–H groups in total. The standard InChI is InChI=1S/C32H29F6N7O4/c1-30(43-24-8-4-20(16-27(24)44-30)49-32(36,37)38)28-10-6-22(18-40-28)47-14-12-45(2)11-13-46-21-5-9-25(39-17-21)29-41-23-7-3-19(15-26(23)42-29)48-31(33,34)35/h3-10,15-18,43-44H,11-14H2,1-2H3,(H,41,42). The molecule has 0 bridgehead atoms. The monoisotopic (exact) mass is 689 g/mol. The van der Waals surface area contributed by atoms with Crippen molar-refractivity contribution in [3.05, 3.63) is 78.8 Å². The number of aromatic amines is 1. The second kappa shape index (κ2) is 13.2. The first-order valence-corrected chi connectivity index (χ1v) is 14.8. The molecule has 11 nitrogen and oxygen atoms in total. The van der Waals surface area contributed by atoms with Crippen molar-refractivity contribution in [3.63, 3.8) is 0 Å². The lowest BCUT2D eigenvalue weighted by Crippen LogP contribution is -2.36. The predicted molar refractivity (Wildman–Crippen MR) is 166 cm³/mol. The molecule has 1 unspecified atom stereocenters. The number of hydrogen-bond donors (Lipinski definition) is 3. The number of anilines is 2. The van der Waals surface area contributed by atoms with Crippen LogP contribution in [0.2, 0.25) is 0 Å². The third-order valence-corrected chi connectivity index (χ3v) is 7.39. The van der Waals surface area contributed by atoms with Gasteiger partial charge in [0.1, 0.15) is 47.6 Å². The third kappa shape index (κ3) is 8.53. The van der Waals surface area contributed by atoms with Gasteiger partial charge in [-0.25, -0.2) is 9.97 Å². The van der Waals surface area contributed by atoms with E-state index in [1.54, 1.807) is 30.5 Å². The van der Waals surface area contributed by atoms with E-state index in [1.165, 1.54) is 42.6 Å². The molecular formula is C32H29F6N7O4. The Morgan fingerprint density at radius 1 is 0.714 bits per heavy atom. The Hall–Kier alpha value is -5.45. The maximum absolute atomic E-state index is 12.6. The predicted octanol–water partition coefficient (Wildman–Crippen LogP) is 6.92. The fraction of sp³-hybridized carbons (Fsp3) is 0.281. The molecule has 5 aromatic rings. The molecule has 2 aromatic carbocycles. The number of imidazole rings is 1. The quantitative estimate of drug-likeness (QED) is 0.119. The zero-order chi connectivity index (χ0) is 34.8. The summed E-state index contributed by atoms with van der Waals surface area (Å²) in [6.45, 7) is 3.78. The highest BCUT2D eigenvalue weighted by Gasteiger charge is 2.36. The van der Waals surface area contributed by atoms with Crippen molar-refractivity contribution in [2.75, 3.05) is 44.0 Å². The zero-order valence-electron chi connectivity index (χ0n) is 25.9. The second-order valence-electron chi connectivity index (χ2n) is 11.2. The molecular weight excluding hydrogens is 660 g/mol. The Kier molecular flexibility index (Phi) is 9.02. The first kappa shape index (κ1) is 33.5. The number of nitrogens with zero attached hydrogens (tertiary/aromatic N) is 4. The molecule has 0 amide bonds. The van der Waals surface area contributed by atoms with Gasteiger partial charge in [0.2, 0.25) is 0 Å². The van der Waals surface area contributed by atoms with Gasteiger partial charge in [-0.3, -0.25) is 9.88 Å². The number of likely N-dealkylation sites (N-methyl/N-ethyl adjacent to an activating group) is 1. The van der Waals surface area contributed by atoms with Crippen LogP contribution in [0.15, 0.2) is 73.1 Å². The zero-order valence-corrected chi connectivity index (χ0v) is 25.9. The van der Waals surface area contributed by atoms with Crippen molar-refractivity contribution in [3.8, 4) is 34.5 Å². The van der Waals surface area contributed by atoms with Crippen molar-refractivity contribution >= 4 is 22.4 Å². The fourth-order valence-corrected chi connectivity index (χ4v) is 5.06. The number of nitrogens with one attached hydrogen (secondary N) is 3. The lowest BCUT2D eigenvalue weighted by molar-refractivity contribution is -0.275. The van der Waals surface area contributed by atoms with Crippen LogP contribution < -0.4 is 29.6 Å². The maximum Gasteiger partial charge on any atom is 0.573 e. The van der Waals surface area contributed by atoms with E-state index in [1.807, 2.05) is 18.9 Å². The minimum Gasteiger partial charge on any atom is -0.491 e. The van der Waals surface area contributed by atoms with Crippen LogP contribution in [-0.4, -0.2) is 70.9 Å². The van der Waals surface area contributed by atoms with E-state index in [0.717, 1.165) is 0 Å². The molecule has 1 aliphatic heterocycles. The number of alkyl halides is 6. The smallest absolute Gasteiger partial charge is 0.491 e. The SMILES string of the molecule is CN(CCOc1ccc(-c2nc3ccc(OC(F)(F)F)cc3[nH]2)nc1)CCOc1ccc(C2(C)Nc3ccc(OC(F)(F)F)cc3N2)nc1. The lowest BCUT2D eigenvalue weighted by atomic mass is 10.1. The largest absolute Gasteiger partial charge is 0.573 e. The van der Waals surface area contributed by atoms with E-state index in [0.29, 0.717) is 77.4 Å².